The molecule has 1 aromatic heterocycles. The predicted octanol–water partition coefficient (Wildman–Crippen LogP) is 1.55. The second-order valence-corrected chi connectivity index (χ2v) is 4.29. The van der Waals surface area contributed by atoms with Crippen LogP contribution in [-0.4, -0.2) is 42.6 Å². The topological polar surface area (TPSA) is 81.2 Å². The number of ether oxygens (including phenoxy) is 2. The van der Waals surface area contributed by atoms with Gasteiger partial charge in [0, 0.05) is 20.2 Å². The lowest BCUT2D eigenvalue weighted by Gasteiger charge is -2.07. The predicted molar refractivity (Wildman–Crippen MR) is 80.5 cm³/mol. The van der Waals surface area contributed by atoms with Crippen LogP contribution >= 0.6 is 0 Å². The molecule has 0 saturated carbocycles. The fraction of sp³-hybridized carbons (Fsp3) is 0.357. The molecule has 0 aliphatic rings. The number of rotatable bonds is 8. The molecule has 0 aliphatic carbocycles. The van der Waals surface area contributed by atoms with Crippen molar-refractivity contribution < 1.29 is 9.47 Å². The Morgan fingerprint density at radius 2 is 1.90 bits per heavy atom. The third-order valence-electron chi connectivity index (χ3n) is 2.78. The molecule has 2 aromatic rings. The van der Waals surface area contributed by atoms with Crippen LogP contribution in [0.25, 0.3) is 0 Å². The molecule has 112 valence electrons. The van der Waals surface area contributed by atoms with Crippen LogP contribution in [0.3, 0.4) is 0 Å². The average molecular weight is 289 g/mol. The second kappa shape index (κ2) is 8.01. The van der Waals surface area contributed by atoms with Crippen LogP contribution in [0, 0.1) is 0 Å². The van der Waals surface area contributed by atoms with Crippen molar-refractivity contribution >= 4 is 11.8 Å². The van der Waals surface area contributed by atoms with Crippen LogP contribution in [0.2, 0.25) is 0 Å². The summed E-state index contributed by atoms with van der Waals surface area (Å²) in [5.74, 6) is 1.98. The Balaban J connectivity index is 1.88. The molecule has 0 bridgehead atoms. The van der Waals surface area contributed by atoms with Gasteiger partial charge in [-0.1, -0.05) is 12.1 Å². The van der Waals surface area contributed by atoms with Gasteiger partial charge in [-0.05, 0) is 17.7 Å². The van der Waals surface area contributed by atoms with E-state index in [2.05, 4.69) is 25.8 Å². The van der Waals surface area contributed by atoms with E-state index in [9.17, 15) is 0 Å². The molecule has 2 rings (SSSR count). The Morgan fingerprint density at radius 3 is 2.62 bits per heavy atom. The number of methoxy groups -OCH3 is 2. The third-order valence-corrected chi connectivity index (χ3v) is 2.78. The lowest BCUT2D eigenvalue weighted by atomic mass is 10.2. The highest BCUT2D eigenvalue weighted by Crippen LogP contribution is 2.12. The van der Waals surface area contributed by atoms with Gasteiger partial charge in [0.05, 0.1) is 19.9 Å². The SMILES string of the molecule is COCCNc1cnnc(NCc2ccc(OC)cc2)n1. The van der Waals surface area contributed by atoms with Crippen molar-refractivity contribution in [2.45, 2.75) is 6.54 Å². The summed E-state index contributed by atoms with van der Waals surface area (Å²) in [6, 6.07) is 7.80. The van der Waals surface area contributed by atoms with Gasteiger partial charge in [0.15, 0.2) is 5.82 Å². The van der Waals surface area contributed by atoms with Gasteiger partial charge in [-0.3, -0.25) is 0 Å². The number of hydrogen-bond acceptors (Lipinski definition) is 7. The molecule has 0 aliphatic heterocycles. The van der Waals surface area contributed by atoms with E-state index in [0.29, 0.717) is 31.5 Å². The number of hydrogen-bond donors (Lipinski definition) is 2. The molecule has 1 heterocycles. The molecule has 21 heavy (non-hydrogen) atoms. The highest BCUT2D eigenvalue weighted by molar-refractivity contribution is 5.37. The molecule has 2 N–H and O–H groups in total. The number of nitrogens with zero attached hydrogens (tertiary/aromatic N) is 3. The highest BCUT2D eigenvalue weighted by atomic mass is 16.5. The maximum atomic E-state index is 5.12. The minimum atomic E-state index is 0.480. The Kier molecular flexibility index (Phi) is 5.71. The first-order chi connectivity index (χ1) is 10.3. The van der Waals surface area contributed by atoms with E-state index in [0.717, 1.165) is 11.3 Å². The van der Waals surface area contributed by atoms with Gasteiger partial charge in [0.25, 0.3) is 0 Å². The number of aromatic nitrogens is 3. The Labute approximate surface area is 123 Å². The van der Waals surface area contributed by atoms with Crippen LogP contribution in [0.15, 0.2) is 30.5 Å². The minimum absolute atomic E-state index is 0.480. The fourth-order valence-electron chi connectivity index (χ4n) is 1.67. The Morgan fingerprint density at radius 1 is 1.10 bits per heavy atom. The van der Waals surface area contributed by atoms with Crippen LogP contribution in [0.1, 0.15) is 5.56 Å². The number of benzene rings is 1. The van der Waals surface area contributed by atoms with Crippen molar-refractivity contribution in [3.8, 4) is 5.75 Å². The van der Waals surface area contributed by atoms with Gasteiger partial charge in [0.2, 0.25) is 5.95 Å². The van der Waals surface area contributed by atoms with Gasteiger partial charge >= 0.3 is 0 Å². The van der Waals surface area contributed by atoms with E-state index < -0.39 is 0 Å². The summed E-state index contributed by atoms with van der Waals surface area (Å²) < 4.78 is 10.1. The van der Waals surface area contributed by atoms with Crippen molar-refractivity contribution in [2.24, 2.45) is 0 Å². The van der Waals surface area contributed by atoms with Crippen LogP contribution in [0.5, 0.6) is 5.75 Å². The molecule has 7 heteroatoms. The molecule has 1 aromatic carbocycles. The van der Waals surface area contributed by atoms with E-state index in [1.165, 1.54) is 0 Å². The van der Waals surface area contributed by atoms with Gasteiger partial charge in [0.1, 0.15) is 5.75 Å². The summed E-state index contributed by atoms with van der Waals surface area (Å²) in [5, 5.41) is 14.1. The van der Waals surface area contributed by atoms with E-state index in [1.807, 2.05) is 24.3 Å². The highest BCUT2D eigenvalue weighted by Gasteiger charge is 2.01. The van der Waals surface area contributed by atoms with Gasteiger partial charge in [-0.15, -0.1) is 5.10 Å². The normalized spacial score (nSPS) is 10.2. The van der Waals surface area contributed by atoms with Crippen LogP contribution in [-0.2, 0) is 11.3 Å². The minimum Gasteiger partial charge on any atom is -0.497 e. The quantitative estimate of drug-likeness (QED) is 0.713. The second-order valence-electron chi connectivity index (χ2n) is 4.29. The molecule has 0 saturated heterocycles. The molecular formula is C14H19N5O2. The Hall–Kier alpha value is -2.41. The summed E-state index contributed by atoms with van der Waals surface area (Å²) in [7, 11) is 3.30. The molecule has 0 amide bonds. The lowest BCUT2D eigenvalue weighted by molar-refractivity contribution is 0.210. The maximum Gasteiger partial charge on any atom is 0.244 e. The zero-order chi connectivity index (χ0) is 14.9. The lowest BCUT2D eigenvalue weighted by Crippen LogP contribution is -2.11. The summed E-state index contributed by atoms with van der Waals surface area (Å²) in [6.45, 7) is 1.90. The smallest absolute Gasteiger partial charge is 0.244 e. The standard InChI is InChI=1S/C14H19N5O2/c1-20-8-7-15-13-10-17-19-14(18-13)16-9-11-3-5-12(21-2)6-4-11/h3-6,10H,7-9H2,1-2H3,(H2,15,16,18,19). The van der Waals surface area contributed by atoms with Gasteiger partial charge in [-0.25, -0.2) is 0 Å². The first-order valence-electron chi connectivity index (χ1n) is 6.61. The van der Waals surface area contributed by atoms with E-state index in [4.69, 9.17) is 9.47 Å². The van der Waals surface area contributed by atoms with Crippen LogP contribution in [0.4, 0.5) is 11.8 Å². The van der Waals surface area contributed by atoms with E-state index in [1.54, 1.807) is 20.4 Å². The summed E-state index contributed by atoms with van der Waals surface area (Å²) in [6.07, 6.45) is 1.58. The third kappa shape index (κ3) is 4.88. The van der Waals surface area contributed by atoms with Gasteiger partial charge in [-0.2, -0.15) is 10.1 Å². The Bertz CT molecular complexity index is 547. The number of nitrogens with one attached hydrogen (secondary N) is 2. The molecule has 0 fully saturated rings. The first kappa shape index (κ1) is 15.0. The van der Waals surface area contributed by atoms with Crippen molar-refractivity contribution in [3.05, 3.63) is 36.0 Å². The zero-order valence-electron chi connectivity index (χ0n) is 12.2. The monoisotopic (exact) mass is 289 g/mol. The molecular weight excluding hydrogens is 270 g/mol. The molecule has 0 spiro atoms. The summed E-state index contributed by atoms with van der Waals surface area (Å²) in [4.78, 5) is 4.32. The zero-order valence-corrected chi connectivity index (χ0v) is 12.2. The van der Waals surface area contributed by atoms with Crippen molar-refractivity contribution in [1.82, 2.24) is 15.2 Å². The van der Waals surface area contributed by atoms with Gasteiger partial charge < -0.3 is 20.1 Å². The first-order valence-corrected chi connectivity index (χ1v) is 6.61. The van der Waals surface area contributed by atoms with E-state index in [-0.39, 0.29) is 0 Å². The largest absolute Gasteiger partial charge is 0.497 e. The fourth-order valence-corrected chi connectivity index (χ4v) is 1.67. The van der Waals surface area contributed by atoms with E-state index >= 15 is 0 Å². The van der Waals surface area contributed by atoms with Crippen molar-refractivity contribution in [1.29, 1.82) is 0 Å². The molecule has 7 nitrogen and oxygen atoms in total. The molecule has 0 radical (unpaired) electrons. The maximum absolute atomic E-state index is 5.12. The number of anilines is 2. The molecule has 0 unspecified atom stereocenters. The van der Waals surface area contributed by atoms with Crippen molar-refractivity contribution in [3.63, 3.8) is 0 Å². The van der Waals surface area contributed by atoms with Crippen molar-refractivity contribution in [2.75, 3.05) is 38.0 Å². The van der Waals surface area contributed by atoms with Crippen LogP contribution < -0.4 is 15.4 Å². The average Bonchev–Trinajstić information content (AvgIpc) is 2.54. The summed E-state index contributed by atoms with van der Waals surface area (Å²) in [5.41, 5.74) is 1.11. The summed E-state index contributed by atoms with van der Waals surface area (Å²) >= 11 is 0. The molecule has 0 atom stereocenters.